The van der Waals surface area contributed by atoms with Crippen LogP contribution in [-0.2, 0) is 22.6 Å². The van der Waals surface area contributed by atoms with E-state index in [1.54, 1.807) is 12.1 Å². The lowest BCUT2D eigenvalue weighted by atomic mass is 10.1. The fourth-order valence-electron chi connectivity index (χ4n) is 2.51. The van der Waals surface area contributed by atoms with Gasteiger partial charge >= 0.3 is 5.97 Å². The molecular formula is C19H20FNO4. The molecule has 0 spiro atoms. The molecule has 0 aliphatic carbocycles. The molecule has 0 aliphatic heterocycles. The largest absolute Gasteiger partial charge is 0.494 e. The number of amides is 1. The van der Waals surface area contributed by atoms with E-state index in [2.05, 4.69) is 0 Å². The van der Waals surface area contributed by atoms with Crippen LogP contribution >= 0.6 is 0 Å². The molecule has 2 aromatic carbocycles. The van der Waals surface area contributed by atoms with Crippen molar-refractivity contribution in [2.45, 2.75) is 19.4 Å². The molecule has 0 radical (unpaired) electrons. The number of aliphatic carboxylic acids is 1. The Kier molecular flexibility index (Phi) is 6.51. The van der Waals surface area contributed by atoms with Crippen molar-refractivity contribution in [1.29, 1.82) is 0 Å². The Morgan fingerprint density at radius 1 is 1.12 bits per heavy atom. The minimum Gasteiger partial charge on any atom is -0.494 e. The summed E-state index contributed by atoms with van der Waals surface area (Å²) in [5.41, 5.74) is 1.20. The number of benzene rings is 2. The van der Waals surface area contributed by atoms with Crippen LogP contribution in [0.2, 0.25) is 0 Å². The summed E-state index contributed by atoms with van der Waals surface area (Å²) in [7, 11) is 1.38. The van der Waals surface area contributed by atoms with Crippen LogP contribution in [0.25, 0.3) is 0 Å². The topological polar surface area (TPSA) is 66.8 Å². The minimum atomic E-state index is -1.09. The average molecular weight is 345 g/mol. The first-order chi connectivity index (χ1) is 12.0. The summed E-state index contributed by atoms with van der Waals surface area (Å²) in [6, 6.07) is 13.9. The standard InChI is InChI=1S/C19H20FNO4/c1-25-16-9-5-8-15(19(16)20)10-11-17(22)21(13-18(23)24)12-14-6-3-2-4-7-14/h2-9H,10-13H2,1H3,(H,23,24). The first-order valence-electron chi connectivity index (χ1n) is 7.86. The molecule has 0 aliphatic rings. The Labute approximate surface area is 145 Å². The maximum Gasteiger partial charge on any atom is 0.323 e. The van der Waals surface area contributed by atoms with Crippen molar-refractivity contribution in [3.8, 4) is 5.75 Å². The fourth-order valence-corrected chi connectivity index (χ4v) is 2.51. The molecule has 6 heteroatoms. The van der Waals surface area contributed by atoms with E-state index in [1.807, 2.05) is 30.3 Å². The molecule has 1 N–H and O–H groups in total. The van der Waals surface area contributed by atoms with Gasteiger partial charge in [0.15, 0.2) is 11.6 Å². The number of carboxylic acids is 1. The van der Waals surface area contributed by atoms with Crippen molar-refractivity contribution in [3.63, 3.8) is 0 Å². The maximum absolute atomic E-state index is 14.1. The molecule has 2 rings (SSSR count). The lowest BCUT2D eigenvalue weighted by Gasteiger charge is -2.21. The second kappa shape index (κ2) is 8.82. The average Bonchev–Trinajstić information content (AvgIpc) is 2.60. The van der Waals surface area contributed by atoms with Gasteiger partial charge in [0.05, 0.1) is 7.11 Å². The highest BCUT2D eigenvalue weighted by Gasteiger charge is 2.18. The smallest absolute Gasteiger partial charge is 0.323 e. The molecule has 132 valence electrons. The predicted molar refractivity (Wildman–Crippen MR) is 90.8 cm³/mol. The quantitative estimate of drug-likeness (QED) is 0.799. The van der Waals surface area contributed by atoms with E-state index in [0.29, 0.717) is 5.56 Å². The number of carbonyl (C=O) groups excluding carboxylic acids is 1. The highest BCUT2D eigenvalue weighted by molar-refractivity contribution is 5.81. The van der Waals surface area contributed by atoms with Gasteiger partial charge in [-0.25, -0.2) is 4.39 Å². The molecule has 0 heterocycles. The Morgan fingerprint density at radius 3 is 2.48 bits per heavy atom. The SMILES string of the molecule is COc1cccc(CCC(=O)N(CC(=O)O)Cc2ccccc2)c1F. The third-order valence-electron chi connectivity index (χ3n) is 3.77. The van der Waals surface area contributed by atoms with E-state index in [0.717, 1.165) is 5.56 Å². The highest BCUT2D eigenvalue weighted by atomic mass is 19.1. The van der Waals surface area contributed by atoms with E-state index in [1.165, 1.54) is 18.1 Å². The van der Waals surface area contributed by atoms with Crippen molar-refractivity contribution >= 4 is 11.9 Å². The number of carboxylic acid groups (broad SMARTS) is 1. The van der Waals surface area contributed by atoms with Crippen molar-refractivity contribution < 1.29 is 23.8 Å². The molecule has 0 fully saturated rings. The van der Waals surface area contributed by atoms with Crippen LogP contribution < -0.4 is 4.74 Å². The Hall–Kier alpha value is -2.89. The van der Waals surface area contributed by atoms with Gasteiger partial charge in [0.1, 0.15) is 6.54 Å². The van der Waals surface area contributed by atoms with E-state index in [4.69, 9.17) is 9.84 Å². The normalized spacial score (nSPS) is 10.3. The second-order valence-corrected chi connectivity index (χ2v) is 5.56. The van der Waals surface area contributed by atoms with Crippen LogP contribution in [0, 0.1) is 5.82 Å². The van der Waals surface area contributed by atoms with Crippen LogP contribution in [0.3, 0.4) is 0 Å². The van der Waals surface area contributed by atoms with Crippen LogP contribution in [0.4, 0.5) is 4.39 Å². The third-order valence-corrected chi connectivity index (χ3v) is 3.77. The van der Waals surface area contributed by atoms with E-state index >= 15 is 0 Å². The number of rotatable bonds is 8. The zero-order valence-electron chi connectivity index (χ0n) is 13.9. The lowest BCUT2D eigenvalue weighted by Crippen LogP contribution is -2.35. The van der Waals surface area contributed by atoms with Gasteiger partial charge in [-0.1, -0.05) is 42.5 Å². The third kappa shape index (κ3) is 5.31. The second-order valence-electron chi connectivity index (χ2n) is 5.56. The van der Waals surface area contributed by atoms with Gasteiger partial charge in [-0.2, -0.15) is 0 Å². The Bertz CT molecular complexity index is 733. The van der Waals surface area contributed by atoms with E-state index in [-0.39, 0.29) is 31.0 Å². The molecular weight excluding hydrogens is 325 g/mol. The predicted octanol–water partition coefficient (Wildman–Crippen LogP) is 2.88. The monoisotopic (exact) mass is 345 g/mol. The van der Waals surface area contributed by atoms with Crippen LogP contribution in [-0.4, -0.2) is 35.5 Å². The molecule has 0 saturated heterocycles. The van der Waals surface area contributed by atoms with Crippen molar-refractivity contribution in [2.24, 2.45) is 0 Å². The molecule has 0 aromatic heterocycles. The maximum atomic E-state index is 14.1. The molecule has 25 heavy (non-hydrogen) atoms. The number of methoxy groups -OCH3 is 1. The number of halogens is 1. The molecule has 1 amide bonds. The fraction of sp³-hybridized carbons (Fsp3) is 0.263. The Balaban J connectivity index is 2.05. The molecule has 2 aromatic rings. The van der Waals surface area contributed by atoms with Gasteiger partial charge < -0.3 is 14.7 Å². The van der Waals surface area contributed by atoms with Gasteiger partial charge in [-0.05, 0) is 23.6 Å². The molecule has 5 nitrogen and oxygen atoms in total. The van der Waals surface area contributed by atoms with Gasteiger partial charge in [0.25, 0.3) is 0 Å². The van der Waals surface area contributed by atoms with Crippen LogP contribution in [0.15, 0.2) is 48.5 Å². The van der Waals surface area contributed by atoms with Gasteiger partial charge in [0.2, 0.25) is 5.91 Å². The first kappa shape index (κ1) is 18.4. The number of nitrogens with zero attached hydrogens (tertiary/aromatic N) is 1. The number of hydrogen-bond donors (Lipinski definition) is 1. The van der Waals surface area contributed by atoms with Crippen LogP contribution in [0.1, 0.15) is 17.5 Å². The van der Waals surface area contributed by atoms with Crippen molar-refractivity contribution in [3.05, 3.63) is 65.5 Å². The van der Waals surface area contributed by atoms with Crippen molar-refractivity contribution in [2.75, 3.05) is 13.7 Å². The van der Waals surface area contributed by atoms with E-state index < -0.39 is 18.3 Å². The highest BCUT2D eigenvalue weighted by Crippen LogP contribution is 2.21. The number of aryl methyl sites for hydroxylation is 1. The van der Waals surface area contributed by atoms with Crippen LogP contribution in [0.5, 0.6) is 5.75 Å². The first-order valence-corrected chi connectivity index (χ1v) is 7.86. The Morgan fingerprint density at radius 2 is 1.84 bits per heavy atom. The van der Waals surface area contributed by atoms with Crippen molar-refractivity contribution in [1.82, 2.24) is 4.90 Å². The number of hydrogen-bond acceptors (Lipinski definition) is 3. The number of carbonyl (C=O) groups is 2. The molecule has 0 unspecified atom stereocenters. The molecule has 0 saturated carbocycles. The number of ether oxygens (including phenoxy) is 1. The zero-order chi connectivity index (χ0) is 18.2. The molecule has 0 bridgehead atoms. The summed E-state index contributed by atoms with van der Waals surface area (Å²) in [4.78, 5) is 24.7. The summed E-state index contributed by atoms with van der Waals surface area (Å²) in [5.74, 6) is -1.80. The molecule has 0 atom stereocenters. The van der Waals surface area contributed by atoms with Gasteiger partial charge in [-0.15, -0.1) is 0 Å². The summed E-state index contributed by atoms with van der Waals surface area (Å²) >= 11 is 0. The van der Waals surface area contributed by atoms with Gasteiger partial charge in [0, 0.05) is 13.0 Å². The lowest BCUT2D eigenvalue weighted by molar-refractivity contribution is -0.144. The summed E-state index contributed by atoms with van der Waals surface area (Å²) < 4.78 is 19.1. The zero-order valence-corrected chi connectivity index (χ0v) is 13.9. The minimum absolute atomic E-state index is 0.0181. The summed E-state index contributed by atoms with van der Waals surface area (Å²) in [6.07, 6.45) is 0.191. The summed E-state index contributed by atoms with van der Waals surface area (Å²) in [5, 5.41) is 9.04. The van der Waals surface area contributed by atoms with E-state index in [9.17, 15) is 14.0 Å². The summed E-state index contributed by atoms with van der Waals surface area (Å²) in [6.45, 7) is -0.194. The van der Waals surface area contributed by atoms with Gasteiger partial charge in [-0.3, -0.25) is 9.59 Å².